The maximum atomic E-state index is 12.7. The zero-order valence-electron chi connectivity index (χ0n) is 13.3. The van der Waals surface area contributed by atoms with Crippen LogP contribution in [-0.2, 0) is 11.2 Å². The zero-order valence-corrected chi connectivity index (χ0v) is 14.1. The number of carbonyl (C=O) groups is 1. The van der Waals surface area contributed by atoms with Crippen molar-refractivity contribution in [3.63, 3.8) is 0 Å². The van der Waals surface area contributed by atoms with Gasteiger partial charge in [-0.2, -0.15) is 0 Å². The summed E-state index contributed by atoms with van der Waals surface area (Å²) in [5.41, 5.74) is 3.09. The molecule has 5 heteroatoms. The minimum absolute atomic E-state index is 0.00378. The molecule has 1 spiro atoms. The molecular formula is C19H19ClN2O2. The minimum atomic E-state index is -0.127. The van der Waals surface area contributed by atoms with Crippen molar-refractivity contribution in [2.24, 2.45) is 5.41 Å². The number of fused-ring (bicyclic) bond motifs is 1. The number of hydrogen-bond acceptors (Lipinski definition) is 3. The van der Waals surface area contributed by atoms with Gasteiger partial charge in [-0.3, -0.25) is 9.78 Å². The van der Waals surface area contributed by atoms with Crippen LogP contribution in [0.3, 0.4) is 0 Å². The van der Waals surface area contributed by atoms with E-state index in [1.54, 1.807) is 12.3 Å². The van der Waals surface area contributed by atoms with Gasteiger partial charge in [-0.05, 0) is 36.5 Å². The van der Waals surface area contributed by atoms with Crippen LogP contribution in [-0.4, -0.2) is 24.1 Å². The fraction of sp³-hybridized carbons (Fsp3) is 0.368. The van der Waals surface area contributed by atoms with Crippen LogP contribution in [0.4, 0.5) is 0 Å². The van der Waals surface area contributed by atoms with Gasteiger partial charge in [0.15, 0.2) is 0 Å². The van der Waals surface area contributed by atoms with Gasteiger partial charge in [0.05, 0.1) is 16.6 Å². The SMILES string of the molecule is O=C(N[C@H]1c2ccccc2CC12CCOCC2)c1cncc(Cl)c1. The molecule has 1 N–H and O–H groups in total. The van der Waals surface area contributed by atoms with Gasteiger partial charge in [0.2, 0.25) is 0 Å². The fourth-order valence-electron chi connectivity index (χ4n) is 4.01. The van der Waals surface area contributed by atoms with E-state index in [0.29, 0.717) is 10.6 Å². The summed E-state index contributed by atoms with van der Waals surface area (Å²) in [6, 6.07) is 10.1. The van der Waals surface area contributed by atoms with E-state index in [9.17, 15) is 4.79 Å². The van der Waals surface area contributed by atoms with Gasteiger partial charge in [0, 0.05) is 31.0 Å². The summed E-state index contributed by atoms with van der Waals surface area (Å²) >= 11 is 5.97. The van der Waals surface area contributed by atoms with Crippen molar-refractivity contribution in [3.05, 3.63) is 64.4 Å². The van der Waals surface area contributed by atoms with Crippen molar-refractivity contribution in [1.82, 2.24) is 10.3 Å². The zero-order chi connectivity index (χ0) is 16.6. The molecule has 2 aliphatic rings. The molecule has 0 unspecified atom stereocenters. The molecule has 1 aromatic heterocycles. The predicted molar refractivity (Wildman–Crippen MR) is 92.1 cm³/mol. The second kappa shape index (κ2) is 6.19. The van der Waals surface area contributed by atoms with Gasteiger partial charge in [-0.1, -0.05) is 35.9 Å². The molecule has 1 amide bonds. The lowest BCUT2D eigenvalue weighted by atomic mass is 9.74. The summed E-state index contributed by atoms with van der Waals surface area (Å²) < 4.78 is 5.57. The normalized spacial score (nSPS) is 21.5. The minimum Gasteiger partial charge on any atom is -0.381 e. The molecule has 4 rings (SSSR count). The number of nitrogens with zero attached hydrogens (tertiary/aromatic N) is 1. The number of amides is 1. The topological polar surface area (TPSA) is 51.2 Å². The molecule has 0 bridgehead atoms. The Morgan fingerprint density at radius 2 is 2.04 bits per heavy atom. The highest BCUT2D eigenvalue weighted by molar-refractivity contribution is 6.30. The summed E-state index contributed by atoms with van der Waals surface area (Å²) in [6.07, 6.45) is 5.99. The van der Waals surface area contributed by atoms with E-state index < -0.39 is 0 Å². The highest BCUT2D eigenvalue weighted by atomic mass is 35.5. The molecule has 124 valence electrons. The molecule has 1 aromatic carbocycles. The second-order valence-corrected chi connectivity index (χ2v) is 7.09. The van der Waals surface area contributed by atoms with Crippen LogP contribution in [0.2, 0.25) is 5.02 Å². The van der Waals surface area contributed by atoms with Gasteiger partial charge < -0.3 is 10.1 Å². The molecule has 4 nitrogen and oxygen atoms in total. The largest absolute Gasteiger partial charge is 0.381 e. The Balaban J connectivity index is 1.66. The first-order valence-corrected chi connectivity index (χ1v) is 8.63. The molecule has 1 fully saturated rings. The second-order valence-electron chi connectivity index (χ2n) is 6.65. The average molecular weight is 343 g/mol. The van der Waals surface area contributed by atoms with Crippen molar-refractivity contribution in [2.45, 2.75) is 25.3 Å². The van der Waals surface area contributed by atoms with E-state index in [4.69, 9.17) is 16.3 Å². The Bertz CT molecular complexity index is 771. The third-order valence-electron chi connectivity index (χ3n) is 5.25. The average Bonchev–Trinajstić information content (AvgIpc) is 2.88. The Labute approximate surface area is 146 Å². The van der Waals surface area contributed by atoms with Crippen molar-refractivity contribution < 1.29 is 9.53 Å². The van der Waals surface area contributed by atoms with Crippen LogP contribution in [0, 0.1) is 5.41 Å². The molecule has 2 heterocycles. The summed E-state index contributed by atoms with van der Waals surface area (Å²) in [5, 5.41) is 3.71. The molecule has 1 aliphatic carbocycles. The Morgan fingerprint density at radius 3 is 2.83 bits per heavy atom. The molecule has 1 saturated heterocycles. The number of nitrogens with one attached hydrogen (secondary N) is 1. The van der Waals surface area contributed by atoms with E-state index >= 15 is 0 Å². The quantitative estimate of drug-likeness (QED) is 0.907. The predicted octanol–water partition coefficient (Wildman–Crippen LogP) is 3.56. The Morgan fingerprint density at radius 1 is 1.25 bits per heavy atom. The Hall–Kier alpha value is -1.91. The van der Waals surface area contributed by atoms with Crippen molar-refractivity contribution in [1.29, 1.82) is 0 Å². The highest BCUT2D eigenvalue weighted by Gasteiger charge is 2.47. The molecule has 0 radical (unpaired) electrons. The number of hydrogen-bond donors (Lipinski definition) is 1. The van der Waals surface area contributed by atoms with Crippen LogP contribution in [0.25, 0.3) is 0 Å². The summed E-state index contributed by atoms with van der Waals surface area (Å²) in [4.78, 5) is 16.8. The van der Waals surface area contributed by atoms with E-state index in [-0.39, 0.29) is 17.4 Å². The molecule has 24 heavy (non-hydrogen) atoms. The van der Waals surface area contributed by atoms with E-state index in [1.165, 1.54) is 17.3 Å². The molecular weight excluding hydrogens is 324 g/mol. The van der Waals surface area contributed by atoms with E-state index in [0.717, 1.165) is 32.5 Å². The number of rotatable bonds is 2. The van der Waals surface area contributed by atoms with Crippen LogP contribution < -0.4 is 5.32 Å². The standard InChI is InChI=1S/C19H19ClN2O2/c20-15-9-14(11-21-12-15)18(23)22-17-16-4-2-1-3-13(16)10-19(17)5-7-24-8-6-19/h1-4,9,11-12,17H,5-8,10H2,(H,22,23)/t17-/m0/s1. The number of aromatic nitrogens is 1. The van der Waals surface area contributed by atoms with E-state index in [2.05, 4.69) is 28.5 Å². The van der Waals surface area contributed by atoms with Gasteiger partial charge in [-0.25, -0.2) is 0 Å². The van der Waals surface area contributed by atoms with Crippen molar-refractivity contribution in [2.75, 3.05) is 13.2 Å². The summed E-state index contributed by atoms with van der Waals surface area (Å²) in [5.74, 6) is -0.127. The van der Waals surface area contributed by atoms with Crippen molar-refractivity contribution in [3.8, 4) is 0 Å². The van der Waals surface area contributed by atoms with Crippen LogP contribution in [0.1, 0.15) is 40.4 Å². The van der Waals surface area contributed by atoms with Gasteiger partial charge in [0.25, 0.3) is 5.91 Å². The molecule has 1 aliphatic heterocycles. The molecule has 1 atom stereocenters. The number of halogens is 1. The van der Waals surface area contributed by atoms with Crippen LogP contribution >= 0.6 is 11.6 Å². The lowest BCUT2D eigenvalue weighted by molar-refractivity contribution is 0.000548. The molecule has 0 saturated carbocycles. The first kappa shape index (κ1) is 15.6. The molecule has 2 aromatic rings. The maximum Gasteiger partial charge on any atom is 0.253 e. The number of benzene rings is 1. The summed E-state index contributed by atoms with van der Waals surface area (Å²) in [6.45, 7) is 1.50. The third-order valence-corrected chi connectivity index (χ3v) is 5.46. The van der Waals surface area contributed by atoms with Crippen LogP contribution in [0.5, 0.6) is 0 Å². The number of ether oxygens (including phenoxy) is 1. The lowest BCUT2D eigenvalue weighted by Gasteiger charge is -2.39. The van der Waals surface area contributed by atoms with Gasteiger partial charge in [0.1, 0.15) is 0 Å². The Kier molecular flexibility index (Phi) is 4.02. The van der Waals surface area contributed by atoms with Crippen molar-refractivity contribution >= 4 is 17.5 Å². The maximum absolute atomic E-state index is 12.7. The third kappa shape index (κ3) is 2.70. The lowest BCUT2D eigenvalue weighted by Crippen LogP contribution is -2.42. The highest BCUT2D eigenvalue weighted by Crippen LogP contribution is 2.51. The number of carbonyl (C=O) groups excluding carboxylic acids is 1. The van der Waals surface area contributed by atoms with Crippen LogP contribution in [0.15, 0.2) is 42.7 Å². The van der Waals surface area contributed by atoms with Gasteiger partial charge in [-0.15, -0.1) is 0 Å². The first-order chi connectivity index (χ1) is 11.7. The van der Waals surface area contributed by atoms with Gasteiger partial charge >= 0.3 is 0 Å². The summed E-state index contributed by atoms with van der Waals surface area (Å²) in [7, 11) is 0. The van der Waals surface area contributed by atoms with E-state index in [1.807, 2.05) is 6.07 Å². The smallest absolute Gasteiger partial charge is 0.253 e. The fourth-order valence-corrected chi connectivity index (χ4v) is 4.19. The monoisotopic (exact) mass is 342 g/mol. The number of pyridine rings is 1. The first-order valence-electron chi connectivity index (χ1n) is 8.25.